The molecule has 1 atom stereocenters. The summed E-state index contributed by atoms with van der Waals surface area (Å²) in [7, 11) is 0. The van der Waals surface area contributed by atoms with E-state index in [2.05, 4.69) is 10.6 Å². The summed E-state index contributed by atoms with van der Waals surface area (Å²) in [6, 6.07) is 0.476. The predicted molar refractivity (Wildman–Crippen MR) is 73.3 cm³/mol. The van der Waals surface area contributed by atoms with Crippen LogP contribution in [-0.4, -0.2) is 24.7 Å². The van der Waals surface area contributed by atoms with Gasteiger partial charge in [-0.25, -0.2) is 4.79 Å². The molecule has 0 radical (unpaired) electrons. The van der Waals surface area contributed by atoms with Crippen molar-refractivity contribution in [2.45, 2.75) is 69.9 Å². The van der Waals surface area contributed by atoms with Crippen molar-refractivity contribution in [3.05, 3.63) is 0 Å². The van der Waals surface area contributed by atoms with Gasteiger partial charge in [-0.15, -0.1) is 0 Å². The van der Waals surface area contributed by atoms with E-state index in [0.717, 1.165) is 12.8 Å². The van der Waals surface area contributed by atoms with E-state index < -0.39 is 0 Å². The number of hydrogen-bond acceptors (Lipinski definition) is 2. The lowest BCUT2D eigenvalue weighted by Gasteiger charge is -2.27. The Balaban J connectivity index is 1.61. The lowest BCUT2D eigenvalue weighted by atomic mass is 9.84. The van der Waals surface area contributed by atoms with Gasteiger partial charge in [0.2, 0.25) is 0 Å². The summed E-state index contributed by atoms with van der Waals surface area (Å²) >= 11 is 0. The SMILES string of the molecule is NC(CNC(=O)NC1CCCC1)C1CCCCC1. The van der Waals surface area contributed by atoms with E-state index in [-0.39, 0.29) is 12.1 Å². The second-order valence-corrected chi connectivity index (χ2v) is 5.90. The van der Waals surface area contributed by atoms with Crippen LogP contribution in [0.5, 0.6) is 0 Å². The number of carbonyl (C=O) groups excluding carboxylic acids is 1. The van der Waals surface area contributed by atoms with E-state index in [1.54, 1.807) is 0 Å². The van der Waals surface area contributed by atoms with Crippen LogP contribution in [0.3, 0.4) is 0 Å². The largest absolute Gasteiger partial charge is 0.337 e. The monoisotopic (exact) mass is 253 g/mol. The molecule has 0 aromatic rings. The third kappa shape index (κ3) is 4.16. The van der Waals surface area contributed by atoms with Crippen molar-refractivity contribution >= 4 is 6.03 Å². The predicted octanol–water partition coefficient (Wildman–Crippen LogP) is 2.14. The first-order valence-electron chi connectivity index (χ1n) is 7.55. The van der Waals surface area contributed by atoms with Crippen LogP contribution in [0.2, 0.25) is 0 Å². The Kier molecular flexibility index (Phi) is 5.29. The van der Waals surface area contributed by atoms with Gasteiger partial charge in [0.05, 0.1) is 0 Å². The Labute approximate surface area is 110 Å². The van der Waals surface area contributed by atoms with Crippen molar-refractivity contribution < 1.29 is 4.79 Å². The van der Waals surface area contributed by atoms with E-state index in [4.69, 9.17) is 5.73 Å². The maximum Gasteiger partial charge on any atom is 0.315 e. The van der Waals surface area contributed by atoms with E-state index in [0.29, 0.717) is 18.5 Å². The summed E-state index contributed by atoms with van der Waals surface area (Å²) in [5.74, 6) is 0.602. The van der Waals surface area contributed by atoms with Gasteiger partial charge in [0.1, 0.15) is 0 Å². The third-order valence-electron chi connectivity index (χ3n) is 4.44. The standard InChI is InChI=1S/C14H27N3O/c15-13(11-6-2-1-3-7-11)10-16-14(18)17-12-8-4-5-9-12/h11-13H,1-10,15H2,(H2,16,17,18). The van der Waals surface area contributed by atoms with Crippen LogP contribution in [0.15, 0.2) is 0 Å². The van der Waals surface area contributed by atoms with Gasteiger partial charge in [-0.2, -0.15) is 0 Å². The number of rotatable bonds is 4. The second-order valence-electron chi connectivity index (χ2n) is 5.90. The zero-order chi connectivity index (χ0) is 12.8. The first kappa shape index (κ1) is 13.7. The summed E-state index contributed by atoms with van der Waals surface area (Å²) < 4.78 is 0. The van der Waals surface area contributed by atoms with Gasteiger partial charge in [-0.1, -0.05) is 32.1 Å². The molecular weight excluding hydrogens is 226 g/mol. The van der Waals surface area contributed by atoms with Gasteiger partial charge < -0.3 is 16.4 Å². The molecule has 1 unspecified atom stereocenters. The Hall–Kier alpha value is -0.770. The summed E-state index contributed by atoms with van der Waals surface area (Å²) in [4.78, 5) is 11.7. The van der Waals surface area contributed by atoms with Crippen LogP contribution in [0.25, 0.3) is 0 Å². The van der Waals surface area contributed by atoms with Crippen molar-refractivity contribution in [3.63, 3.8) is 0 Å². The van der Waals surface area contributed by atoms with Gasteiger partial charge in [-0.3, -0.25) is 0 Å². The van der Waals surface area contributed by atoms with Gasteiger partial charge in [-0.05, 0) is 31.6 Å². The molecule has 0 aromatic heterocycles. The zero-order valence-electron chi connectivity index (χ0n) is 11.3. The van der Waals surface area contributed by atoms with Gasteiger partial charge in [0.25, 0.3) is 0 Å². The highest BCUT2D eigenvalue weighted by Gasteiger charge is 2.21. The van der Waals surface area contributed by atoms with Crippen LogP contribution < -0.4 is 16.4 Å². The fourth-order valence-corrected chi connectivity index (χ4v) is 3.25. The molecule has 4 N–H and O–H groups in total. The Morgan fingerprint density at radius 3 is 2.33 bits per heavy atom. The molecule has 2 amide bonds. The molecule has 2 aliphatic rings. The molecule has 4 nitrogen and oxygen atoms in total. The number of urea groups is 1. The molecule has 2 saturated carbocycles. The Morgan fingerprint density at radius 1 is 1.06 bits per heavy atom. The topological polar surface area (TPSA) is 67.1 Å². The normalized spacial score (nSPS) is 23.8. The summed E-state index contributed by atoms with van der Waals surface area (Å²) in [6.07, 6.45) is 11.1. The van der Waals surface area contributed by atoms with Crippen LogP contribution in [-0.2, 0) is 0 Å². The van der Waals surface area contributed by atoms with Crippen molar-refractivity contribution in [3.8, 4) is 0 Å². The molecular formula is C14H27N3O. The van der Waals surface area contributed by atoms with Crippen LogP contribution >= 0.6 is 0 Å². The molecule has 4 heteroatoms. The average molecular weight is 253 g/mol. The summed E-state index contributed by atoms with van der Waals surface area (Å²) in [5.41, 5.74) is 6.16. The maximum atomic E-state index is 11.7. The van der Waals surface area contributed by atoms with Gasteiger partial charge in [0, 0.05) is 18.6 Å². The van der Waals surface area contributed by atoms with E-state index >= 15 is 0 Å². The first-order chi connectivity index (χ1) is 8.75. The Morgan fingerprint density at radius 2 is 1.67 bits per heavy atom. The highest BCUT2D eigenvalue weighted by Crippen LogP contribution is 2.25. The lowest BCUT2D eigenvalue weighted by molar-refractivity contribution is 0.232. The highest BCUT2D eigenvalue weighted by atomic mass is 16.2. The van der Waals surface area contributed by atoms with E-state index in [9.17, 15) is 4.79 Å². The minimum absolute atomic E-state index is 0.0341. The van der Waals surface area contributed by atoms with E-state index in [1.165, 1.54) is 44.9 Å². The molecule has 18 heavy (non-hydrogen) atoms. The number of hydrogen-bond donors (Lipinski definition) is 3. The van der Waals surface area contributed by atoms with Crippen molar-refractivity contribution in [1.82, 2.24) is 10.6 Å². The minimum atomic E-state index is -0.0341. The summed E-state index contributed by atoms with van der Waals surface area (Å²) in [6.45, 7) is 0.614. The van der Waals surface area contributed by atoms with Crippen LogP contribution in [0.1, 0.15) is 57.8 Å². The van der Waals surface area contributed by atoms with Crippen LogP contribution in [0.4, 0.5) is 4.79 Å². The summed E-state index contributed by atoms with van der Waals surface area (Å²) in [5, 5.41) is 5.96. The zero-order valence-corrected chi connectivity index (χ0v) is 11.3. The number of nitrogens with one attached hydrogen (secondary N) is 2. The maximum absolute atomic E-state index is 11.7. The molecule has 0 bridgehead atoms. The average Bonchev–Trinajstić information content (AvgIpc) is 2.90. The quantitative estimate of drug-likeness (QED) is 0.718. The third-order valence-corrected chi connectivity index (χ3v) is 4.44. The van der Waals surface area contributed by atoms with Gasteiger partial charge >= 0.3 is 6.03 Å². The molecule has 0 saturated heterocycles. The fourth-order valence-electron chi connectivity index (χ4n) is 3.25. The van der Waals surface area contributed by atoms with E-state index in [1.807, 2.05) is 0 Å². The van der Waals surface area contributed by atoms with Crippen LogP contribution in [0, 0.1) is 5.92 Å². The number of carbonyl (C=O) groups is 1. The molecule has 104 valence electrons. The Bertz CT molecular complexity index is 258. The minimum Gasteiger partial charge on any atom is -0.337 e. The molecule has 2 aliphatic carbocycles. The smallest absolute Gasteiger partial charge is 0.315 e. The molecule has 0 heterocycles. The fraction of sp³-hybridized carbons (Fsp3) is 0.929. The second kappa shape index (κ2) is 6.98. The van der Waals surface area contributed by atoms with Crippen molar-refractivity contribution in [1.29, 1.82) is 0 Å². The molecule has 2 fully saturated rings. The molecule has 0 aromatic carbocycles. The molecule has 0 spiro atoms. The first-order valence-corrected chi connectivity index (χ1v) is 7.55. The van der Waals surface area contributed by atoms with Gasteiger partial charge in [0.15, 0.2) is 0 Å². The molecule has 2 rings (SSSR count). The number of nitrogens with two attached hydrogens (primary N) is 1. The van der Waals surface area contributed by atoms with Crippen molar-refractivity contribution in [2.24, 2.45) is 11.7 Å². The van der Waals surface area contributed by atoms with Crippen molar-refractivity contribution in [2.75, 3.05) is 6.54 Å². The highest BCUT2D eigenvalue weighted by molar-refractivity contribution is 5.74. The lowest BCUT2D eigenvalue weighted by Crippen LogP contribution is -2.47. The number of amides is 2. The molecule has 0 aliphatic heterocycles.